The minimum Gasteiger partial charge on any atom is -0.481 e. The SMILES string of the molecule is C[C@@H](CCCCNC(=O)CC[C@H](CC(=O)CCCCCCCCCCCCCCCCCCC(=O)O)C(=O)O)C(=O)O. The molecule has 0 saturated heterocycles. The first kappa shape index (κ1) is 39.5. The van der Waals surface area contributed by atoms with E-state index < -0.39 is 29.7 Å². The first-order valence-corrected chi connectivity index (χ1v) is 16.6. The first-order valence-electron chi connectivity index (χ1n) is 16.6. The number of hydrogen-bond donors (Lipinski definition) is 4. The summed E-state index contributed by atoms with van der Waals surface area (Å²) in [5, 5.41) is 29.7. The van der Waals surface area contributed by atoms with Gasteiger partial charge in [0.2, 0.25) is 5.91 Å². The molecule has 0 fully saturated rings. The molecule has 4 N–H and O–H groups in total. The van der Waals surface area contributed by atoms with Gasteiger partial charge in [-0.2, -0.15) is 0 Å². The van der Waals surface area contributed by atoms with Crippen LogP contribution in [0.5, 0.6) is 0 Å². The van der Waals surface area contributed by atoms with Gasteiger partial charge in [0, 0.05) is 32.2 Å². The van der Waals surface area contributed by atoms with Gasteiger partial charge in [0.1, 0.15) is 5.78 Å². The average Bonchev–Trinajstić information content (AvgIpc) is 2.93. The summed E-state index contributed by atoms with van der Waals surface area (Å²) >= 11 is 0. The molecular formula is C33H59NO8. The lowest BCUT2D eigenvalue weighted by Crippen LogP contribution is -2.26. The van der Waals surface area contributed by atoms with Gasteiger partial charge < -0.3 is 20.6 Å². The van der Waals surface area contributed by atoms with Gasteiger partial charge in [-0.15, -0.1) is 0 Å². The molecule has 0 rings (SSSR count). The summed E-state index contributed by atoms with van der Waals surface area (Å²) in [5.41, 5.74) is 0. The van der Waals surface area contributed by atoms with E-state index in [1.54, 1.807) is 6.92 Å². The molecular weight excluding hydrogens is 538 g/mol. The van der Waals surface area contributed by atoms with Crippen molar-refractivity contribution in [1.29, 1.82) is 0 Å². The molecule has 0 aliphatic carbocycles. The number of carbonyl (C=O) groups is 5. The smallest absolute Gasteiger partial charge is 0.306 e. The third-order valence-electron chi connectivity index (χ3n) is 7.95. The molecule has 0 aromatic carbocycles. The van der Waals surface area contributed by atoms with E-state index in [2.05, 4.69) is 5.32 Å². The van der Waals surface area contributed by atoms with E-state index in [4.69, 9.17) is 10.2 Å². The van der Waals surface area contributed by atoms with E-state index in [1.165, 1.54) is 64.2 Å². The van der Waals surface area contributed by atoms with Crippen molar-refractivity contribution < 1.29 is 39.3 Å². The average molecular weight is 598 g/mol. The number of unbranched alkanes of at least 4 members (excludes halogenated alkanes) is 16. The molecule has 42 heavy (non-hydrogen) atoms. The second-order valence-corrected chi connectivity index (χ2v) is 12.0. The van der Waals surface area contributed by atoms with Crippen LogP contribution in [0.4, 0.5) is 0 Å². The lowest BCUT2D eigenvalue weighted by atomic mass is 9.94. The lowest BCUT2D eigenvalue weighted by Gasteiger charge is -2.12. The van der Waals surface area contributed by atoms with Crippen molar-refractivity contribution in [2.75, 3.05) is 6.54 Å². The number of hydrogen-bond acceptors (Lipinski definition) is 5. The molecule has 9 nitrogen and oxygen atoms in total. The van der Waals surface area contributed by atoms with Crippen LogP contribution < -0.4 is 5.32 Å². The topological polar surface area (TPSA) is 158 Å². The fourth-order valence-corrected chi connectivity index (χ4v) is 5.08. The third-order valence-corrected chi connectivity index (χ3v) is 7.95. The lowest BCUT2D eigenvalue weighted by molar-refractivity contribution is -0.144. The van der Waals surface area contributed by atoms with Crippen LogP contribution in [-0.2, 0) is 24.0 Å². The van der Waals surface area contributed by atoms with Gasteiger partial charge in [0.15, 0.2) is 0 Å². The maximum Gasteiger partial charge on any atom is 0.306 e. The quantitative estimate of drug-likeness (QED) is 0.0597. The highest BCUT2D eigenvalue weighted by molar-refractivity contribution is 5.84. The molecule has 244 valence electrons. The Hall–Kier alpha value is -2.45. The van der Waals surface area contributed by atoms with Crippen molar-refractivity contribution in [3.8, 4) is 0 Å². The summed E-state index contributed by atoms with van der Waals surface area (Å²) in [5.74, 6) is -4.09. The number of carbonyl (C=O) groups excluding carboxylic acids is 2. The molecule has 0 aliphatic rings. The molecule has 0 aromatic rings. The second kappa shape index (κ2) is 27.4. The normalized spacial score (nSPS) is 12.5. The Kier molecular flexibility index (Phi) is 25.8. The molecule has 0 aromatic heterocycles. The minimum absolute atomic E-state index is 0.0253. The Balaban J connectivity index is 3.65. The minimum atomic E-state index is -1.04. The number of aliphatic carboxylic acids is 3. The Bertz CT molecular complexity index is 754. The van der Waals surface area contributed by atoms with E-state index in [9.17, 15) is 29.1 Å². The molecule has 0 aliphatic heterocycles. The van der Waals surface area contributed by atoms with Gasteiger partial charge in [0.25, 0.3) is 0 Å². The number of ketones is 1. The molecule has 0 heterocycles. The van der Waals surface area contributed by atoms with E-state index >= 15 is 0 Å². The van der Waals surface area contributed by atoms with E-state index in [1.807, 2.05) is 0 Å². The number of amides is 1. The van der Waals surface area contributed by atoms with Crippen molar-refractivity contribution in [3.63, 3.8) is 0 Å². The molecule has 0 saturated carbocycles. The molecule has 9 heteroatoms. The zero-order valence-electron chi connectivity index (χ0n) is 26.2. The van der Waals surface area contributed by atoms with Crippen LogP contribution >= 0.6 is 0 Å². The van der Waals surface area contributed by atoms with Gasteiger partial charge in [-0.3, -0.25) is 24.0 Å². The van der Waals surface area contributed by atoms with Crippen molar-refractivity contribution in [3.05, 3.63) is 0 Å². The summed E-state index contributed by atoms with van der Waals surface area (Å²) in [6, 6.07) is 0. The monoisotopic (exact) mass is 597 g/mol. The molecule has 0 spiro atoms. The highest BCUT2D eigenvalue weighted by Crippen LogP contribution is 2.17. The van der Waals surface area contributed by atoms with E-state index in [0.717, 1.165) is 38.5 Å². The van der Waals surface area contributed by atoms with Crippen LogP contribution in [0.15, 0.2) is 0 Å². The van der Waals surface area contributed by atoms with E-state index in [-0.39, 0.29) is 31.0 Å². The van der Waals surface area contributed by atoms with Gasteiger partial charge in [-0.25, -0.2) is 0 Å². The number of rotatable bonds is 31. The van der Waals surface area contributed by atoms with Crippen molar-refractivity contribution >= 4 is 29.6 Å². The van der Waals surface area contributed by atoms with Gasteiger partial charge in [-0.05, 0) is 32.1 Å². The van der Waals surface area contributed by atoms with Crippen molar-refractivity contribution in [2.45, 2.75) is 161 Å². The largest absolute Gasteiger partial charge is 0.481 e. The molecule has 0 radical (unpaired) electrons. The Morgan fingerprint density at radius 3 is 1.40 bits per heavy atom. The van der Waals surface area contributed by atoms with Crippen LogP contribution in [0.2, 0.25) is 0 Å². The zero-order valence-corrected chi connectivity index (χ0v) is 26.2. The summed E-state index contributed by atoms with van der Waals surface area (Å²) in [6.45, 7) is 2.09. The van der Waals surface area contributed by atoms with Gasteiger partial charge in [-0.1, -0.05) is 103 Å². The van der Waals surface area contributed by atoms with Crippen LogP contribution in [-0.4, -0.2) is 51.5 Å². The van der Waals surface area contributed by atoms with Crippen LogP contribution in [0.1, 0.15) is 161 Å². The second-order valence-electron chi connectivity index (χ2n) is 12.0. The highest BCUT2D eigenvalue weighted by Gasteiger charge is 2.22. The first-order chi connectivity index (χ1) is 20.1. The standard InChI is InChI=1S/C33H59NO8/c1-27(32(39)40)20-18-19-25-34-30(36)24-23-28(33(41)42)26-29(35)21-16-14-12-10-8-6-4-2-3-5-7-9-11-13-15-17-22-31(37)38/h27-28H,2-26H2,1H3,(H,34,36)(H,37,38)(H,39,40)(H,41,42)/t27-,28+/m0/s1. The summed E-state index contributed by atoms with van der Waals surface area (Å²) in [4.78, 5) is 57.2. The Morgan fingerprint density at radius 1 is 0.524 bits per heavy atom. The number of nitrogens with one attached hydrogen (secondary N) is 1. The zero-order chi connectivity index (χ0) is 31.4. The highest BCUT2D eigenvalue weighted by atomic mass is 16.4. The number of carboxylic acids is 3. The summed E-state index contributed by atoms with van der Waals surface area (Å²) in [7, 11) is 0. The van der Waals surface area contributed by atoms with Crippen LogP contribution in [0.25, 0.3) is 0 Å². The predicted molar refractivity (Wildman–Crippen MR) is 164 cm³/mol. The van der Waals surface area contributed by atoms with Crippen LogP contribution in [0.3, 0.4) is 0 Å². The van der Waals surface area contributed by atoms with Crippen LogP contribution in [0, 0.1) is 11.8 Å². The summed E-state index contributed by atoms with van der Waals surface area (Å²) in [6.07, 6.45) is 21.1. The van der Waals surface area contributed by atoms with Gasteiger partial charge in [0.05, 0.1) is 11.8 Å². The fraction of sp³-hybridized carbons (Fsp3) is 0.848. The van der Waals surface area contributed by atoms with Crippen molar-refractivity contribution in [2.24, 2.45) is 11.8 Å². The molecule has 1 amide bonds. The molecule has 2 atom stereocenters. The molecule has 0 bridgehead atoms. The van der Waals surface area contributed by atoms with Gasteiger partial charge >= 0.3 is 17.9 Å². The maximum atomic E-state index is 12.3. The van der Waals surface area contributed by atoms with Crippen molar-refractivity contribution in [1.82, 2.24) is 5.32 Å². The Labute approximate surface area is 253 Å². The third kappa shape index (κ3) is 26.4. The number of Topliss-reactive ketones (excluding diaryl/α,β-unsaturated/α-hetero) is 1. The molecule has 0 unspecified atom stereocenters. The fourth-order valence-electron chi connectivity index (χ4n) is 5.08. The maximum absolute atomic E-state index is 12.3. The van der Waals surface area contributed by atoms with E-state index in [0.29, 0.717) is 38.6 Å². The summed E-state index contributed by atoms with van der Waals surface area (Å²) < 4.78 is 0. The number of carboxylic acid groups (broad SMARTS) is 3. The predicted octanol–water partition coefficient (Wildman–Crippen LogP) is 7.54. The Morgan fingerprint density at radius 2 is 0.976 bits per heavy atom.